The third-order valence-corrected chi connectivity index (χ3v) is 15.0. The van der Waals surface area contributed by atoms with Gasteiger partial charge in [-0.15, -0.1) is 0 Å². The van der Waals surface area contributed by atoms with Crippen LogP contribution in [0.3, 0.4) is 0 Å². The molecule has 288 valence electrons. The van der Waals surface area contributed by atoms with E-state index in [2.05, 4.69) is 10.6 Å². The molecule has 6 N–H and O–H groups in total. The van der Waals surface area contributed by atoms with Crippen LogP contribution < -0.4 is 19.2 Å². The Morgan fingerprint density at radius 1 is 0.536 bits per heavy atom. The summed E-state index contributed by atoms with van der Waals surface area (Å²) in [7, 11) is -18.5. The molecule has 0 radical (unpaired) electrons. The first kappa shape index (κ1) is 37.0. The Labute approximate surface area is 318 Å². The molecule has 4 aliphatic rings. The van der Waals surface area contributed by atoms with E-state index < -0.39 is 56.1 Å². The summed E-state index contributed by atoms with van der Waals surface area (Å²) in [5.74, 6) is -0.683. The molecule has 6 aromatic carbocycles. The van der Waals surface area contributed by atoms with Crippen LogP contribution in [0.2, 0.25) is 0 Å². The van der Waals surface area contributed by atoms with Gasteiger partial charge >= 0.3 is 6.03 Å². The monoisotopic (exact) mass is 838 g/mol. The maximum atomic E-state index is 14.1. The zero-order valence-electron chi connectivity index (χ0n) is 28.6. The van der Waals surface area contributed by atoms with Gasteiger partial charge in [-0.3, -0.25) is 9.11 Å². The van der Waals surface area contributed by atoms with Crippen molar-refractivity contribution in [2.45, 2.75) is 33.4 Å². The van der Waals surface area contributed by atoms with E-state index in [1.54, 1.807) is 0 Å². The number of benzene rings is 6. The van der Waals surface area contributed by atoms with Gasteiger partial charge in [0.2, 0.25) is 0 Å². The summed E-state index contributed by atoms with van der Waals surface area (Å²) in [6, 6.07) is 16.0. The number of anilines is 6. The number of nitrogens with zero attached hydrogens (tertiary/aromatic N) is 2. The molecule has 0 spiro atoms. The van der Waals surface area contributed by atoms with Crippen LogP contribution in [0.25, 0.3) is 21.5 Å². The predicted molar refractivity (Wildman–Crippen MR) is 205 cm³/mol. The average molecular weight is 839 g/mol. The Kier molecular flexibility index (Phi) is 7.93. The van der Waals surface area contributed by atoms with Crippen LogP contribution in [0.1, 0.15) is 11.1 Å². The number of urea groups is 1. The SMILES string of the molecule is Cc1c2ccc(c1NC(=O)Nc1c3ccc(c1C)N(c1ccc(S(=O)(=O)O)c4cc(O)ccc14)S3(=O)=O)S(=O)(=O)N2c1ccc(S(=O)(=O)O)c2cc(O)ccc12. The molecule has 17 nitrogen and oxygen atoms in total. The van der Waals surface area contributed by atoms with E-state index in [0.717, 1.165) is 32.9 Å². The summed E-state index contributed by atoms with van der Waals surface area (Å²) in [4.78, 5) is 11.8. The van der Waals surface area contributed by atoms with Gasteiger partial charge in [0.25, 0.3) is 40.3 Å². The maximum Gasteiger partial charge on any atom is 0.323 e. The second-order valence-electron chi connectivity index (χ2n) is 12.9. The van der Waals surface area contributed by atoms with Crippen LogP contribution in [0.15, 0.2) is 105 Å². The number of phenols is 2. The third kappa shape index (κ3) is 5.42. The quantitative estimate of drug-likeness (QED) is 0.108. The molecule has 4 aliphatic heterocycles. The zero-order chi connectivity index (χ0) is 40.4. The van der Waals surface area contributed by atoms with Crippen molar-refractivity contribution < 1.29 is 57.8 Å². The van der Waals surface area contributed by atoms with Crippen molar-refractivity contribution in [2.75, 3.05) is 19.2 Å². The molecular formula is C35H26N4O13S4. The number of aromatic hydroxyl groups is 2. The number of amides is 2. The molecule has 56 heavy (non-hydrogen) atoms. The van der Waals surface area contributed by atoms with Gasteiger partial charge in [0.05, 0.1) is 34.1 Å². The first-order valence-corrected chi connectivity index (χ1v) is 21.8. The van der Waals surface area contributed by atoms with E-state index >= 15 is 0 Å². The largest absolute Gasteiger partial charge is 0.508 e. The van der Waals surface area contributed by atoms with Crippen LogP contribution >= 0.6 is 0 Å². The molecule has 0 unspecified atom stereocenters. The molecule has 21 heteroatoms. The molecule has 6 aromatic rings. The molecule has 0 saturated heterocycles. The Balaban J connectivity index is 1.16. The molecule has 0 aromatic heterocycles. The molecule has 4 bridgehead atoms. The van der Waals surface area contributed by atoms with Crippen molar-refractivity contribution in [3.05, 3.63) is 96.1 Å². The lowest BCUT2D eigenvalue weighted by Crippen LogP contribution is -2.35. The Hall–Kier alpha value is -5.97. The van der Waals surface area contributed by atoms with Crippen LogP contribution in [-0.2, 0) is 40.3 Å². The number of fused-ring (bicyclic) bond motifs is 8. The molecule has 2 amide bonds. The highest BCUT2D eigenvalue weighted by atomic mass is 32.2. The Morgan fingerprint density at radius 2 is 0.893 bits per heavy atom. The first-order chi connectivity index (χ1) is 26.1. The fourth-order valence-electron chi connectivity index (χ4n) is 7.16. The van der Waals surface area contributed by atoms with Crippen molar-refractivity contribution >= 4 is 102 Å². The number of nitrogens with one attached hydrogen (secondary N) is 2. The third-order valence-electron chi connectivity index (χ3n) is 9.62. The lowest BCUT2D eigenvalue weighted by atomic mass is 10.1. The van der Waals surface area contributed by atoms with Gasteiger partial charge in [0, 0.05) is 21.5 Å². The molecule has 0 saturated carbocycles. The number of hydrogen-bond acceptors (Lipinski definition) is 11. The van der Waals surface area contributed by atoms with E-state index in [1.165, 1.54) is 74.5 Å². The van der Waals surface area contributed by atoms with E-state index in [0.29, 0.717) is 0 Å². The number of sulfonamides is 2. The van der Waals surface area contributed by atoms with Gasteiger partial charge in [-0.2, -0.15) is 16.8 Å². The number of hydrogen-bond donors (Lipinski definition) is 6. The minimum absolute atomic E-state index is 0.0155. The number of carbonyl (C=O) groups is 1. The summed E-state index contributed by atoms with van der Waals surface area (Å²) in [5.41, 5.74) is 0.390. The smallest absolute Gasteiger partial charge is 0.323 e. The van der Waals surface area contributed by atoms with E-state index in [1.807, 2.05) is 0 Å². The highest BCUT2D eigenvalue weighted by Gasteiger charge is 2.41. The Morgan fingerprint density at radius 3 is 1.25 bits per heavy atom. The molecular weight excluding hydrogens is 813 g/mol. The van der Waals surface area contributed by atoms with Gasteiger partial charge in [-0.1, -0.05) is 0 Å². The summed E-state index contributed by atoms with van der Waals surface area (Å²) in [5, 5.41) is 25.0. The highest BCUT2D eigenvalue weighted by molar-refractivity contribution is 7.94. The fourth-order valence-corrected chi connectivity index (χ4v) is 12.1. The van der Waals surface area contributed by atoms with Gasteiger partial charge in [-0.05, 0) is 110 Å². The van der Waals surface area contributed by atoms with Crippen molar-refractivity contribution in [2.24, 2.45) is 0 Å². The number of phenolic OH excluding ortho intramolecular Hbond substituents is 2. The van der Waals surface area contributed by atoms with Crippen LogP contribution in [0.4, 0.5) is 38.9 Å². The summed E-state index contributed by atoms with van der Waals surface area (Å²) in [6.45, 7) is 3.05. The van der Waals surface area contributed by atoms with Crippen LogP contribution in [0.5, 0.6) is 11.5 Å². The second kappa shape index (κ2) is 12.0. The molecule has 0 fully saturated rings. The first-order valence-electron chi connectivity index (χ1n) is 16.0. The normalized spacial score (nSPS) is 15.4. The average Bonchev–Trinajstić information content (AvgIpc) is 3.09. The van der Waals surface area contributed by atoms with Crippen molar-refractivity contribution in [1.29, 1.82) is 0 Å². The summed E-state index contributed by atoms with van der Waals surface area (Å²) < 4.78 is 126. The lowest BCUT2D eigenvalue weighted by molar-refractivity contribution is 0.262. The van der Waals surface area contributed by atoms with Crippen molar-refractivity contribution in [1.82, 2.24) is 0 Å². The minimum atomic E-state index is -4.78. The minimum Gasteiger partial charge on any atom is -0.508 e. The topological polar surface area (TPSA) is 265 Å². The number of rotatable bonds is 6. The van der Waals surface area contributed by atoms with Gasteiger partial charge in [0.15, 0.2) is 0 Å². The van der Waals surface area contributed by atoms with Gasteiger partial charge < -0.3 is 20.8 Å². The van der Waals surface area contributed by atoms with Crippen LogP contribution in [0, 0.1) is 13.8 Å². The predicted octanol–water partition coefficient (Wildman–Crippen LogP) is 5.84. The standard InChI is InChI=1S/C35H26N4O13S4/c1-17-25-7-13-31(53(43,44)38(25)27-9-11-29(55(47,48)49)23-15-19(40)3-5-21(23)27)33(17)36-35(42)37-34-18(2)26-8-14-32(34)54(45,46)39(26)28-10-12-30(56(50,51)52)24-16-20(41)4-6-22(24)28/h3-16,40-41H,1-2H3,(H2,36,37,42)(H,47,48,49)(H,50,51,52). The van der Waals surface area contributed by atoms with Gasteiger partial charge in [0.1, 0.15) is 31.1 Å². The van der Waals surface area contributed by atoms with E-state index in [-0.39, 0.29) is 88.1 Å². The maximum absolute atomic E-state index is 14.1. The van der Waals surface area contributed by atoms with Crippen molar-refractivity contribution in [3.8, 4) is 11.5 Å². The molecule has 10 rings (SSSR count). The Bertz CT molecular complexity index is 3050. The molecule has 0 aliphatic carbocycles. The van der Waals surface area contributed by atoms with E-state index in [4.69, 9.17) is 0 Å². The summed E-state index contributed by atoms with van der Waals surface area (Å²) >= 11 is 0. The van der Waals surface area contributed by atoms with Crippen LogP contribution in [-0.4, -0.2) is 59.0 Å². The van der Waals surface area contributed by atoms with Gasteiger partial charge in [-0.25, -0.2) is 30.2 Å². The lowest BCUT2D eigenvalue weighted by Gasteiger charge is -2.35. The molecule has 0 atom stereocenters. The second-order valence-corrected chi connectivity index (χ2v) is 19.1. The highest BCUT2D eigenvalue weighted by Crippen LogP contribution is 2.50. The number of carbonyl (C=O) groups excluding carboxylic acids is 1. The van der Waals surface area contributed by atoms with E-state index in [9.17, 15) is 57.8 Å². The summed E-state index contributed by atoms with van der Waals surface area (Å²) in [6.07, 6.45) is 0. The molecule has 4 heterocycles. The fraction of sp³-hybridized carbons (Fsp3) is 0.0571. The zero-order valence-corrected chi connectivity index (χ0v) is 31.8. The van der Waals surface area contributed by atoms with Crippen molar-refractivity contribution in [3.63, 3.8) is 0 Å².